The first-order valence-electron chi connectivity index (χ1n) is 11.7. The SMILES string of the molecule is Cc1ccc(-n2cc3c(N4CCN[C@H](C(=O)NCc5cc6c(F)csc6cn5)C4)ncnc3n2)cc1F. The summed E-state index contributed by atoms with van der Waals surface area (Å²) in [5.74, 6) is -0.127. The van der Waals surface area contributed by atoms with E-state index >= 15 is 0 Å². The Morgan fingerprint density at radius 3 is 2.95 bits per heavy atom. The van der Waals surface area contributed by atoms with Crippen LogP contribution in [-0.2, 0) is 11.3 Å². The van der Waals surface area contributed by atoms with Crippen molar-refractivity contribution in [2.45, 2.75) is 19.5 Å². The molecule has 1 fully saturated rings. The molecule has 1 amide bonds. The Hall–Kier alpha value is -4.03. The molecule has 0 radical (unpaired) electrons. The van der Waals surface area contributed by atoms with Crippen molar-refractivity contribution in [2.75, 3.05) is 24.5 Å². The minimum atomic E-state index is -0.485. The van der Waals surface area contributed by atoms with Gasteiger partial charge >= 0.3 is 0 Å². The number of hydrogen-bond acceptors (Lipinski definition) is 8. The molecule has 5 heterocycles. The van der Waals surface area contributed by atoms with E-state index < -0.39 is 6.04 Å². The molecule has 1 atom stereocenters. The van der Waals surface area contributed by atoms with Crippen LogP contribution in [0.4, 0.5) is 14.6 Å². The number of rotatable bonds is 5. The smallest absolute Gasteiger partial charge is 0.239 e. The molecule has 1 saturated heterocycles. The molecule has 12 heteroatoms. The number of halogens is 2. The van der Waals surface area contributed by atoms with Crippen molar-refractivity contribution >= 4 is 44.2 Å². The lowest BCUT2D eigenvalue weighted by molar-refractivity contribution is -0.123. The van der Waals surface area contributed by atoms with E-state index in [1.165, 1.54) is 29.1 Å². The number of pyridine rings is 1. The maximum absolute atomic E-state index is 14.1. The monoisotopic (exact) mass is 520 g/mol. The second kappa shape index (κ2) is 9.45. The summed E-state index contributed by atoms with van der Waals surface area (Å²) >= 11 is 1.30. The van der Waals surface area contributed by atoms with Crippen LogP contribution in [0.1, 0.15) is 11.3 Å². The molecular formula is C25H22F2N8OS. The van der Waals surface area contributed by atoms with E-state index in [2.05, 4.69) is 30.7 Å². The maximum atomic E-state index is 14.1. The van der Waals surface area contributed by atoms with Crippen LogP contribution in [0.15, 0.2) is 48.4 Å². The number of amides is 1. The van der Waals surface area contributed by atoms with Gasteiger partial charge in [0.1, 0.15) is 29.8 Å². The number of carbonyl (C=O) groups excluding carboxylic acids is 1. The van der Waals surface area contributed by atoms with Crippen molar-refractivity contribution in [3.63, 3.8) is 0 Å². The zero-order valence-corrected chi connectivity index (χ0v) is 20.6. The zero-order chi connectivity index (χ0) is 25.5. The van der Waals surface area contributed by atoms with Crippen LogP contribution >= 0.6 is 11.3 Å². The molecule has 0 spiro atoms. The van der Waals surface area contributed by atoms with E-state index in [-0.39, 0.29) is 24.1 Å². The largest absolute Gasteiger partial charge is 0.353 e. The van der Waals surface area contributed by atoms with Gasteiger partial charge in [0.25, 0.3) is 0 Å². The number of nitrogens with one attached hydrogen (secondary N) is 2. The Balaban J connectivity index is 1.18. The molecule has 9 nitrogen and oxygen atoms in total. The number of anilines is 1. The topological polar surface area (TPSA) is 101 Å². The fourth-order valence-corrected chi connectivity index (χ4v) is 5.15. The second-order valence-electron chi connectivity index (χ2n) is 8.87. The predicted octanol–water partition coefficient (Wildman–Crippen LogP) is 3.11. The van der Waals surface area contributed by atoms with Crippen molar-refractivity contribution in [2.24, 2.45) is 0 Å². The number of hydrogen-bond donors (Lipinski definition) is 2. The standard InChI is InChI=1S/C25H22F2N8OS/c1-14-2-3-16(7-19(14)26)35-10-18-23(33-35)31-13-32-24(18)34-5-4-28-21(11-34)25(36)30-8-15-6-17-20(27)12-37-22(17)9-29-15/h2-3,6-7,9-10,12-13,21,28H,4-5,8,11H2,1H3,(H,30,36)/t21-/m0/s1. The highest BCUT2D eigenvalue weighted by Crippen LogP contribution is 2.26. The molecule has 0 saturated carbocycles. The highest BCUT2D eigenvalue weighted by atomic mass is 32.1. The summed E-state index contributed by atoms with van der Waals surface area (Å²) in [7, 11) is 0. The van der Waals surface area contributed by atoms with Gasteiger partial charge in [0, 0.05) is 42.8 Å². The molecule has 1 aromatic carbocycles. The molecule has 1 aliphatic heterocycles. The van der Waals surface area contributed by atoms with Gasteiger partial charge in [-0.15, -0.1) is 16.4 Å². The van der Waals surface area contributed by atoms with Gasteiger partial charge in [0.15, 0.2) is 5.65 Å². The second-order valence-corrected chi connectivity index (χ2v) is 9.78. The third kappa shape index (κ3) is 4.49. The first-order chi connectivity index (χ1) is 18.0. The molecule has 1 aliphatic rings. The van der Waals surface area contributed by atoms with Gasteiger partial charge in [-0.3, -0.25) is 9.78 Å². The number of fused-ring (bicyclic) bond motifs is 2. The molecule has 0 bridgehead atoms. The van der Waals surface area contributed by atoms with Crippen LogP contribution in [0.5, 0.6) is 0 Å². The molecular weight excluding hydrogens is 498 g/mol. The lowest BCUT2D eigenvalue weighted by Crippen LogP contribution is -2.57. The van der Waals surface area contributed by atoms with E-state index in [1.807, 2.05) is 4.90 Å². The molecule has 5 aromatic rings. The zero-order valence-electron chi connectivity index (χ0n) is 19.8. The van der Waals surface area contributed by atoms with Crippen molar-refractivity contribution in [1.82, 2.24) is 35.4 Å². The third-order valence-corrected chi connectivity index (χ3v) is 7.33. The number of benzene rings is 1. The molecule has 0 aliphatic carbocycles. The Morgan fingerprint density at radius 1 is 1.19 bits per heavy atom. The van der Waals surface area contributed by atoms with E-state index in [9.17, 15) is 13.6 Å². The minimum Gasteiger partial charge on any atom is -0.353 e. The van der Waals surface area contributed by atoms with E-state index in [0.717, 1.165) is 4.70 Å². The Bertz CT molecular complexity index is 1630. The Kier molecular flexibility index (Phi) is 5.97. The highest BCUT2D eigenvalue weighted by Gasteiger charge is 2.27. The van der Waals surface area contributed by atoms with Crippen LogP contribution < -0.4 is 15.5 Å². The third-order valence-electron chi connectivity index (χ3n) is 6.42. The van der Waals surface area contributed by atoms with Crippen molar-refractivity contribution in [3.8, 4) is 5.69 Å². The Morgan fingerprint density at radius 2 is 2.08 bits per heavy atom. The Labute approximate surface area is 214 Å². The molecule has 6 rings (SSSR count). The number of thiophene rings is 1. The highest BCUT2D eigenvalue weighted by molar-refractivity contribution is 7.17. The van der Waals surface area contributed by atoms with Crippen LogP contribution in [0.2, 0.25) is 0 Å². The molecule has 4 aromatic heterocycles. The van der Waals surface area contributed by atoms with Gasteiger partial charge < -0.3 is 15.5 Å². The first-order valence-corrected chi connectivity index (χ1v) is 12.6. The summed E-state index contributed by atoms with van der Waals surface area (Å²) in [6.45, 7) is 3.49. The minimum absolute atomic E-state index is 0.187. The maximum Gasteiger partial charge on any atom is 0.239 e. The number of carbonyl (C=O) groups is 1. The van der Waals surface area contributed by atoms with E-state index in [4.69, 9.17) is 0 Å². The summed E-state index contributed by atoms with van der Waals surface area (Å²) in [5.41, 5.74) is 2.20. The molecule has 0 unspecified atom stereocenters. The van der Waals surface area contributed by atoms with Gasteiger partial charge in [0.2, 0.25) is 5.91 Å². The van der Waals surface area contributed by atoms with Crippen molar-refractivity contribution < 1.29 is 13.6 Å². The van der Waals surface area contributed by atoms with Crippen LogP contribution in [0.3, 0.4) is 0 Å². The lowest BCUT2D eigenvalue weighted by atomic mass is 10.1. The number of aryl methyl sites for hydroxylation is 1. The number of aromatic nitrogens is 5. The number of piperazine rings is 1. The van der Waals surface area contributed by atoms with Crippen molar-refractivity contribution in [3.05, 3.63) is 71.3 Å². The van der Waals surface area contributed by atoms with Gasteiger partial charge in [-0.1, -0.05) is 6.07 Å². The van der Waals surface area contributed by atoms with Crippen LogP contribution in [0.25, 0.3) is 26.8 Å². The molecule has 37 heavy (non-hydrogen) atoms. The predicted molar refractivity (Wildman–Crippen MR) is 137 cm³/mol. The summed E-state index contributed by atoms with van der Waals surface area (Å²) < 4.78 is 30.4. The summed E-state index contributed by atoms with van der Waals surface area (Å²) in [5, 5.41) is 13.3. The molecule has 188 valence electrons. The summed E-state index contributed by atoms with van der Waals surface area (Å²) in [6.07, 6.45) is 4.83. The fraction of sp³-hybridized carbons (Fsp3) is 0.240. The summed E-state index contributed by atoms with van der Waals surface area (Å²) in [4.78, 5) is 28.0. The number of nitrogens with zero attached hydrogens (tertiary/aromatic N) is 6. The van der Waals surface area contributed by atoms with E-state index in [1.54, 1.807) is 42.2 Å². The van der Waals surface area contributed by atoms with Crippen LogP contribution in [-0.4, -0.2) is 56.3 Å². The first kappa shape index (κ1) is 23.4. The van der Waals surface area contributed by atoms with Gasteiger partial charge in [-0.25, -0.2) is 23.4 Å². The average molecular weight is 521 g/mol. The molecule has 2 N–H and O–H groups in total. The van der Waals surface area contributed by atoms with Gasteiger partial charge in [0.05, 0.1) is 28.0 Å². The lowest BCUT2D eigenvalue weighted by Gasteiger charge is -2.33. The average Bonchev–Trinajstić information content (AvgIpc) is 3.52. The summed E-state index contributed by atoms with van der Waals surface area (Å²) in [6, 6.07) is 6.10. The van der Waals surface area contributed by atoms with Gasteiger partial charge in [-0.05, 0) is 30.7 Å². The quantitative estimate of drug-likeness (QED) is 0.367. The van der Waals surface area contributed by atoms with Gasteiger partial charge in [-0.2, -0.15) is 0 Å². The van der Waals surface area contributed by atoms with Crippen LogP contribution in [0, 0.1) is 18.6 Å². The fourth-order valence-electron chi connectivity index (χ4n) is 4.40. The normalized spacial score (nSPS) is 16.0. The van der Waals surface area contributed by atoms with Crippen molar-refractivity contribution in [1.29, 1.82) is 0 Å². The van der Waals surface area contributed by atoms with E-state index in [0.29, 0.717) is 58.8 Å².